The molecule has 0 saturated carbocycles. The maximum atomic E-state index is 12.3. The van der Waals surface area contributed by atoms with Crippen molar-refractivity contribution in [2.24, 2.45) is 0 Å². The van der Waals surface area contributed by atoms with E-state index in [2.05, 4.69) is 15.2 Å². The zero-order chi connectivity index (χ0) is 15.6. The van der Waals surface area contributed by atoms with E-state index in [1.54, 1.807) is 11.9 Å². The highest BCUT2D eigenvalue weighted by Gasteiger charge is 2.17. The lowest BCUT2D eigenvalue weighted by Crippen LogP contribution is -2.27. The molecule has 0 aliphatic heterocycles. The summed E-state index contributed by atoms with van der Waals surface area (Å²) in [4.78, 5) is 29.4. The number of hydrogen-bond donors (Lipinski definition) is 1. The predicted molar refractivity (Wildman–Crippen MR) is 78.1 cm³/mol. The lowest BCUT2D eigenvalue weighted by atomic mass is 10.2. The molecular formula is C15H18N4O2. The minimum absolute atomic E-state index is 0.177. The van der Waals surface area contributed by atoms with Crippen LogP contribution >= 0.6 is 0 Å². The van der Waals surface area contributed by atoms with Crippen LogP contribution in [0.15, 0.2) is 18.2 Å². The van der Waals surface area contributed by atoms with Gasteiger partial charge in [-0.2, -0.15) is 5.10 Å². The molecule has 0 radical (unpaired) electrons. The summed E-state index contributed by atoms with van der Waals surface area (Å²) in [6.45, 7) is 5.73. The smallest absolute Gasteiger partial charge is 0.271 e. The van der Waals surface area contributed by atoms with Crippen LogP contribution in [0, 0.1) is 13.8 Å². The number of hydrogen-bond acceptors (Lipinski definition) is 4. The van der Waals surface area contributed by atoms with E-state index in [0.29, 0.717) is 12.2 Å². The maximum absolute atomic E-state index is 12.3. The number of carbonyl (C=O) groups excluding carboxylic acids is 2. The minimum Gasteiger partial charge on any atom is -0.334 e. The van der Waals surface area contributed by atoms with Crippen LogP contribution in [0.1, 0.15) is 44.9 Å². The van der Waals surface area contributed by atoms with E-state index in [1.807, 2.05) is 26.0 Å². The van der Waals surface area contributed by atoms with Gasteiger partial charge in [-0.25, -0.2) is 0 Å². The number of amides is 1. The van der Waals surface area contributed by atoms with Crippen LogP contribution in [0.5, 0.6) is 0 Å². The van der Waals surface area contributed by atoms with Gasteiger partial charge in [0.05, 0.1) is 12.2 Å². The number of H-pyrrole nitrogens is 1. The fraction of sp³-hybridized carbons (Fsp3) is 0.333. The number of nitrogens with zero attached hydrogens (tertiary/aromatic N) is 3. The molecule has 0 bridgehead atoms. The van der Waals surface area contributed by atoms with Gasteiger partial charge in [0.15, 0.2) is 5.78 Å². The van der Waals surface area contributed by atoms with Crippen LogP contribution in [0.25, 0.3) is 0 Å². The predicted octanol–water partition coefficient (Wildman–Crippen LogP) is 1.90. The van der Waals surface area contributed by atoms with Gasteiger partial charge in [0.2, 0.25) is 0 Å². The highest BCUT2D eigenvalue weighted by atomic mass is 16.2. The molecule has 0 aromatic carbocycles. The van der Waals surface area contributed by atoms with Crippen molar-refractivity contribution in [2.45, 2.75) is 27.3 Å². The fourth-order valence-corrected chi connectivity index (χ4v) is 2.14. The van der Waals surface area contributed by atoms with Gasteiger partial charge in [-0.1, -0.05) is 0 Å². The summed E-state index contributed by atoms with van der Waals surface area (Å²) in [5.74, 6) is -0.403. The summed E-state index contributed by atoms with van der Waals surface area (Å²) >= 11 is 0. The molecule has 0 saturated heterocycles. The molecule has 2 aromatic heterocycles. The molecule has 0 fully saturated rings. The van der Waals surface area contributed by atoms with E-state index in [4.69, 9.17) is 0 Å². The van der Waals surface area contributed by atoms with Crippen LogP contribution in [0.2, 0.25) is 0 Å². The number of carbonyl (C=O) groups is 2. The number of aryl methyl sites for hydroxylation is 2. The molecular weight excluding hydrogens is 268 g/mol. The first-order valence-corrected chi connectivity index (χ1v) is 6.63. The first kappa shape index (κ1) is 14.9. The molecule has 0 aliphatic rings. The molecule has 0 aliphatic carbocycles. The van der Waals surface area contributed by atoms with E-state index in [9.17, 15) is 9.59 Å². The molecule has 0 atom stereocenters. The largest absolute Gasteiger partial charge is 0.334 e. The Labute approximate surface area is 123 Å². The Bertz CT molecular complexity index is 670. The zero-order valence-electron chi connectivity index (χ0n) is 12.6. The van der Waals surface area contributed by atoms with Crippen molar-refractivity contribution in [3.8, 4) is 0 Å². The Kier molecular flexibility index (Phi) is 4.16. The molecule has 2 aromatic rings. The molecule has 1 N–H and O–H groups in total. The van der Waals surface area contributed by atoms with Crippen LogP contribution in [-0.4, -0.2) is 38.8 Å². The van der Waals surface area contributed by atoms with Crippen molar-refractivity contribution < 1.29 is 9.59 Å². The lowest BCUT2D eigenvalue weighted by molar-refractivity contribution is 0.0777. The summed E-state index contributed by atoms with van der Waals surface area (Å²) in [7, 11) is 1.69. The Hall–Kier alpha value is -2.50. The number of rotatable bonds is 4. The van der Waals surface area contributed by atoms with Gasteiger partial charge in [0, 0.05) is 19.7 Å². The highest BCUT2D eigenvalue weighted by Crippen LogP contribution is 2.09. The van der Waals surface area contributed by atoms with Crippen LogP contribution in [0.3, 0.4) is 0 Å². The molecule has 1 amide bonds. The number of pyridine rings is 1. The summed E-state index contributed by atoms with van der Waals surface area (Å²) < 4.78 is 0. The standard InChI is InChI=1S/C15H18N4O2/c1-9-5-10(2)16-12(6-9)8-19(4)15(21)14-7-13(11(3)20)17-18-14/h5-7H,8H2,1-4H3,(H,17,18). The number of Topliss-reactive ketones (excluding diaryl/α,β-unsaturated/α-hetero) is 1. The van der Waals surface area contributed by atoms with Crippen molar-refractivity contribution in [1.29, 1.82) is 0 Å². The summed E-state index contributed by atoms with van der Waals surface area (Å²) in [5, 5.41) is 6.41. The number of aromatic amines is 1. The van der Waals surface area contributed by atoms with E-state index in [1.165, 1.54) is 13.0 Å². The first-order chi connectivity index (χ1) is 9.86. The number of nitrogens with one attached hydrogen (secondary N) is 1. The van der Waals surface area contributed by atoms with Gasteiger partial charge in [-0.05, 0) is 37.6 Å². The second-order valence-corrected chi connectivity index (χ2v) is 5.16. The van der Waals surface area contributed by atoms with Gasteiger partial charge in [0.25, 0.3) is 5.91 Å². The first-order valence-electron chi connectivity index (χ1n) is 6.63. The van der Waals surface area contributed by atoms with Crippen molar-refractivity contribution in [3.05, 3.63) is 46.5 Å². The minimum atomic E-state index is -0.226. The van der Waals surface area contributed by atoms with Gasteiger partial charge in [0.1, 0.15) is 11.4 Å². The van der Waals surface area contributed by atoms with Crippen molar-refractivity contribution in [2.75, 3.05) is 7.05 Å². The second kappa shape index (κ2) is 5.87. The fourth-order valence-electron chi connectivity index (χ4n) is 2.14. The molecule has 2 rings (SSSR count). The summed E-state index contributed by atoms with van der Waals surface area (Å²) in [6.07, 6.45) is 0. The quantitative estimate of drug-likeness (QED) is 0.871. The van der Waals surface area contributed by atoms with E-state index < -0.39 is 0 Å². The Morgan fingerprint density at radius 1 is 1.24 bits per heavy atom. The van der Waals surface area contributed by atoms with Crippen molar-refractivity contribution in [3.63, 3.8) is 0 Å². The summed E-state index contributed by atoms with van der Waals surface area (Å²) in [6, 6.07) is 5.40. The number of aromatic nitrogens is 3. The van der Waals surface area contributed by atoms with Crippen LogP contribution in [-0.2, 0) is 6.54 Å². The van der Waals surface area contributed by atoms with Gasteiger partial charge >= 0.3 is 0 Å². The molecule has 6 nitrogen and oxygen atoms in total. The average molecular weight is 286 g/mol. The Morgan fingerprint density at radius 2 is 1.95 bits per heavy atom. The molecule has 0 spiro atoms. The molecule has 110 valence electrons. The van der Waals surface area contributed by atoms with Crippen molar-refractivity contribution >= 4 is 11.7 Å². The molecule has 2 heterocycles. The third kappa shape index (κ3) is 3.53. The Morgan fingerprint density at radius 3 is 2.52 bits per heavy atom. The molecule has 21 heavy (non-hydrogen) atoms. The van der Waals surface area contributed by atoms with Gasteiger partial charge in [-0.15, -0.1) is 0 Å². The summed E-state index contributed by atoms with van der Waals surface area (Å²) in [5.41, 5.74) is 3.42. The topological polar surface area (TPSA) is 79.0 Å². The van der Waals surface area contributed by atoms with Gasteiger partial charge < -0.3 is 4.90 Å². The lowest BCUT2D eigenvalue weighted by Gasteiger charge is -2.16. The maximum Gasteiger partial charge on any atom is 0.271 e. The number of ketones is 1. The normalized spacial score (nSPS) is 10.5. The SMILES string of the molecule is CC(=O)c1cc(C(=O)N(C)Cc2cc(C)cc(C)n2)[nH]n1. The molecule has 6 heteroatoms. The third-order valence-corrected chi connectivity index (χ3v) is 3.07. The highest BCUT2D eigenvalue weighted by molar-refractivity contribution is 5.97. The van der Waals surface area contributed by atoms with E-state index >= 15 is 0 Å². The van der Waals surface area contributed by atoms with Gasteiger partial charge in [-0.3, -0.25) is 19.7 Å². The van der Waals surface area contributed by atoms with Crippen molar-refractivity contribution in [1.82, 2.24) is 20.1 Å². The Balaban J connectivity index is 2.13. The average Bonchev–Trinajstić information content (AvgIpc) is 2.86. The molecule has 0 unspecified atom stereocenters. The van der Waals surface area contributed by atoms with E-state index in [-0.39, 0.29) is 17.4 Å². The monoisotopic (exact) mass is 286 g/mol. The van der Waals surface area contributed by atoms with Crippen LogP contribution in [0.4, 0.5) is 0 Å². The second-order valence-electron chi connectivity index (χ2n) is 5.16. The van der Waals surface area contributed by atoms with Crippen LogP contribution < -0.4 is 0 Å². The third-order valence-electron chi connectivity index (χ3n) is 3.07. The zero-order valence-corrected chi connectivity index (χ0v) is 12.6. The van der Waals surface area contributed by atoms with E-state index in [0.717, 1.165) is 17.0 Å².